The maximum Gasteiger partial charge on any atom is 0.267 e. The van der Waals surface area contributed by atoms with Gasteiger partial charge in [0.1, 0.15) is 5.75 Å². The molecule has 21 heavy (non-hydrogen) atoms. The summed E-state index contributed by atoms with van der Waals surface area (Å²) < 4.78 is 5.55. The van der Waals surface area contributed by atoms with E-state index in [4.69, 9.17) is 10.5 Å². The third-order valence-electron chi connectivity index (χ3n) is 3.40. The van der Waals surface area contributed by atoms with Crippen LogP contribution in [0.1, 0.15) is 20.3 Å². The second-order valence-corrected chi connectivity index (χ2v) is 5.17. The van der Waals surface area contributed by atoms with Crippen molar-refractivity contribution in [2.24, 2.45) is 5.73 Å². The number of rotatable bonds is 5. The van der Waals surface area contributed by atoms with Gasteiger partial charge in [-0.25, -0.2) is 0 Å². The molecule has 2 atom stereocenters. The number of anilines is 1. The second kappa shape index (κ2) is 6.58. The average Bonchev–Trinajstić information content (AvgIpc) is 2.47. The van der Waals surface area contributed by atoms with Gasteiger partial charge in [0.05, 0.1) is 5.69 Å². The third kappa shape index (κ3) is 3.52. The van der Waals surface area contributed by atoms with E-state index >= 15 is 0 Å². The fourth-order valence-corrected chi connectivity index (χ4v) is 2.21. The van der Waals surface area contributed by atoms with E-state index in [2.05, 4.69) is 5.32 Å². The van der Waals surface area contributed by atoms with E-state index in [9.17, 15) is 9.59 Å². The molecule has 114 valence electrons. The van der Waals surface area contributed by atoms with E-state index in [-0.39, 0.29) is 24.3 Å². The molecule has 2 amide bonds. The average molecular weight is 291 g/mol. The molecule has 1 unspecified atom stereocenters. The van der Waals surface area contributed by atoms with Gasteiger partial charge in [-0.3, -0.25) is 9.59 Å². The molecule has 1 aliphatic rings. The molecule has 0 spiro atoms. The van der Waals surface area contributed by atoms with Crippen LogP contribution < -0.4 is 20.7 Å². The molecule has 0 aromatic heterocycles. The van der Waals surface area contributed by atoms with Gasteiger partial charge in [0.2, 0.25) is 5.91 Å². The van der Waals surface area contributed by atoms with E-state index in [0.717, 1.165) is 0 Å². The molecule has 0 saturated heterocycles. The molecule has 0 radical (unpaired) electrons. The van der Waals surface area contributed by atoms with Gasteiger partial charge in [0.25, 0.3) is 5.91 Å². The van der Waals surface area contributed by atoms with Gasteiger partial charge >= 0.3 is 0 Å². The molecule has 1 heterocycles. The Morgan fingerprint density at radius 1 is 1.48 bits per heavy atom. The van der Waals surface area contributed by atoms with E-state index in [1.54, 1.807) is 11.8 Å². The number of nitrogens with zero attached hydrogens (tertiary/aromatic N) is 1. The number of para-hydroxylation sites is 2. The number of nitrogens with one attached hydrogen (secondary N) is 1. The lowest BCUT2D eigenvalue weighted by Crippen LogP contribution is -2.46. The molecular weight excluding hydrogens is 270 g/mol. The summed E-state index contributed by atoms with van der Waals surface area (Å²) in [7, 11) is 0. The minimum atomic E-state index is -0.536. The Bertz CT molecular complexity index is 533. The lowest BCUT2D eigenvalue weighted by Gasteiger charge is -2.32. The van der Waals surface area contributed by atoms with Crippen molar-refractivity contribution in [2.75, 3.05) is 18.0 Å². The molecule has 6 heteroatoms. The molecule has 1 aromatic rings. The molecule has 0 aliphatic carbocycles. The highest BCUT2D eigenvalue weighted by atomic mass is 16.5. The van der Waals surface area contributed by atoms with E-state index < -0.39 is 6.10 Å². The van der Waals surface area contributed by atoms with Gasteiger partial charge in [0, 0.05) is 25.6 Å². The number of hydrogen-bond acceptors (Lipinski definition) is 4. The number of hydrogen-bond donors (Lipinski definition) is 2. The van der Waals surface area contributed by atoms with Crippen molar-refractivity contribution in [3.63, 3.8) is 0 Å². The normalized spacial score (nSPS) is 18.7. The Kier molecular flexibility index (Phi) is 4.80. The van der Waals surface area contributed by atoms with Crippen molar-refractivity contribution in [1.29, 1.82) is 0 Å². The fourth-order valence-electron chi connectivity index (χ4n) is 2.21. The SMILES string of the molecule is CC1Oc2ccccc2N(CCC(=O)N[C@@H](C)CN)C1=O. The Hall–Kier alpha value is -2.08. The highest BCUT2D eigenvalue weighted by Gasteiger charge is 2.31. The number of carbonyl (C=O) groups excluding carboxylic acids is 2. The zero-order valence-electron chi connectivity index (χ0n) is 12.3. The van der Waals surface area contributed by atoms with Gasteiger partial charge in [0.15, 0.2) is 6.10 Å². The van der Waals surface area contributed by atoms with Crippen LogP contribution in [0.15, 0.2) is 24.3 Å². The van der Waals surface area contributed by atoms with Gasteiger partial charge in [-0.1, -0.05) is 12.1 Å². The van der Waals surface area contributed by atoms with E-state index in [0.29, 0.717) is 24.5 Å². The van der Waals surface area contributed by atoms with Crippen LogP contribution in [-0.4, -0.2) is 37.0 Å². The summed E-state index contributed by atoms with van der Waals surface area (Å²) in [4.78, 5) is 25.7. The maximum absolute atomic E-state index is 12.2. The van der Waals surface area contributed by atoms with Crippen LogP contribution >= 0.6 is 0 Å². The second-order valence-electron chi connectivity index (χ2n) is 5.17. The standard InChI is InChI=1S/C15H21N3O3/c1-10(9-16)17-14(19)7-8-18-12-5-3-4-6-13(12)21-11(2)15(18)20/h3-6,10-11H,7-9,16H2,1-2H3,(H,17,19)/t10-,11?/m0/s1. The van der Waals surface area contributed by atoms with Gasteiger partial charge < -0.3 is 20.7 Å². The van der Waals surface area contributed by atoms with Gasteiger partial charge in [-0.05, 0) is 26.0 Å². The Morgan fingerprint density at radius 3 is 2.90 bits per heavy atom. The number of carbonyl (C=O) groups is 2. The summed E-state index contributed by atoms with van der Waals surface area (Å²) in [5.74, 6) is 0.422. The Morgan fingerprint density at radius 2 is 2.19 bits per heavy atom. The number of ether oxygens (including phenoxy) is 1. The fraction of sp³-hybridized carbons (Fsp3) is 0.467. The number of benzene rings is 1. The molecule has 3 N–H and O–H groups in total. The van der Waals surface area contributed by atoms with Crippen molar-refractivity contribution in [1.82, 2.24) is 5.32 Å². The first-order chi connectivity index (χ1) is 10.0. The highest BCUT2D eigenvalue weighted by Crippen LogP contribution is 2.33. The number of fused-ring (bicyclic) bond motifs is 1. The Labute approximate surface area is 124 Å². The van der Waals surface area contributed by atoms with Crippen molar-refractivity contribution in [3.8, 4) is 5.75 Å². The van der Waals surface area contributed by atoms with Crippen LogP contribution in [0.3, 0.4) is 0 Å². The van der Waals surface area contributed by atoms with Crippen LogP contribution in [-0.2, 0) is 9.59 Å². The van der Waals surface area contributed by atoms with Crippen molar-refractivity contribution in [2.45, 2.75) is 32.4 Å². The summed E-state index contributed by atoms with van der Waals surface area (Å²) in [6, 6.07) is 7.27. The van der Waals surface area contributed by atoms with Crippen molar-refractivity contribution in [3.05, 3.63) is 24.3 Å². The number of nitrogens with two attached hydrogens (primary N) is 1. The van der Waals surface area contributed by atoms with Crippen molar-refractivity contribution >= 4 is 17.5 Å². The quantitative estimate of drug-likeness (QED) is 0.834. The summed E-state index contributed by atoms with van der Waals surface area (Å²) in [6.07, 6.45) is -0.303. The summed E-state index contributed by atoms with van der Waals surface area (Å²) in [5, 5.41) is 2.79. The first-order valence-electron chi connectivity index (χ1n) is 7.09. The van der Waals surface area contributed by atoms with Crippen molar-refractivity contribution < 1.29 is 14.3 Å². The van der Waals surface area contributed by atoms with Gasteiger partial charge in [-0.2, -0.15) is 0 Å². The largest absolute Gasteiger partial charge is 0.479 e. The molecule has 0 saturated carbocycles. The maximum atomic E-state index is 12.2. The predicted molar refractivity (Wildman–Crippen MR) is 80.2 cm³/mol. The third-order valence-corrected chi connectivity index (χ3v) is 3.40. The van der Waals surface area contributed by atoms with Gasteiger partial charge in [-0.15, -0.1) is 0 Å². The van der Waals surface area contributed by atoms with Crippen LogP contribution in [0.4, 0.5) is 5.69 Å². The number of amides is 2. The van der Waals surface area contributed by atoms with Crippen LogP contribution in [0.5, 0.6) is 5.75 Å². The monoisotopic (exact) mass is 291 g/mol. The van der Waals surface area contributed by atoms with E-state index in [1.165, 1.54) is 0 Å². The summed E-state index contributed by atoms with van der Waals surface area (Å²) >= 11 is 0. The molecule has 6 nitrogen and oxygen atoms in total. The zero-order chi connectivity index (χ0) is 15.4. The highest BCUT2D eigenvalue weighted by molar-refractivity contribution is 6.00. The molecule has 1 aromatic carbocycles. The summed E-state index contributed by atoms with van der Waals surface area (Å²) in [5.41, 5.74) is 6.18. The molecule has 2 rings (SSSR count). The summed E-state index contributed by atoms with van der Waals surface area (Å²) in [6.45, 7) is 4.27. The topological polar surface area (TPSA) is 84.7 Å². The smallest absolute Gasteiger partial charge is 0.267 e. The Balaban J connectivity index is 2.05. The zero-order valence-corrected chi connectivity index (χ0v) is 12.3. The first kappa shape index (κ1) is 15.3. The van der Waals surface area contributed by atoms with Crippen LogP contribution in [0.25, 0.3) is 0 Å². The van der Waals surface area contributed by atoms with Crippen LogP contribution in [0, 0.1) is 0 Å². The van der Waals surface area contributed by atoms with Crippen LogP contribution in [0.2, 0.25) is 0 Å². The molecule has 0 bridgehead atoms. The first-order valence-corrected chi connectivity index (χ1v) is 7.09. The minimum absolute atomic E-state index is 0.0656. The minimum Gasteiger partial charge on any atom is -0.479 e. The molecular formula is C15H21N3O3. The predicted octanol–water partition coefficient (Wildman–Crippen LogP) is 0.654. The van der Waals surface area contributed by atoms with E-state index in [1.807, 2.05) is 31.2 Å². The lowest BCUT2D eigenvalue weighted by molar-refractivity contribution is -0.125. The lowest BCUT2D eigenvalue weighted by atomic mass is 10.1. The molecule has 1 aliphatic heterocycles. The molecule has 0 fully saturated rings.